The zero-order valence-corrected chi connectivity index (χ0v) is 11.6. The highest BCUT2D eigenvalue weighted by Gasteiger charge is 2.01. The zero-order valence-electron chi connectivity index (χ0n) is 10.0. The summed E-state index contributed by atoms with van der Waals surface area (Å²) in [6.45, 7) is 2.80. The van der Waals surface area contributed by atoms with Crippen LogP contribution in [0.3, 0.4) is 0 Å². The van der Waals surface area contributed by atoms with Gasteiger partial charge in [-0.2, -0.15) is 0 Å². The summed E-state index contributed by atoms with van der Waals surface area (Å²) in [4.78, 5) is 9.03. The Balaban J connectivity index is 1.90. The second-order valence-corrected chi connectivity index (χ2v) is 5.31. The fraction of sp³-hybridized carbons (Fsp3) is 0.250. The molecule has 0 unspecified atom stereocenters. The fourth-order valence-electron chi connectivity index (χ4n) is 1.51. The molecule has 0 fully saturated rings. The van der Waals surface area contributed by atoms with Crippen LogP contribution in [0.25, 0.3) is 0 Å². The molecule has 4 nitrogen and oxygen atoms in total. The molecule has 0 saturated heterocycles. The van der Waals surface area contributed by atoms with Crippen molar-refractivity contribution < 1.29 is 0 Å². The summed E-state index contributed by atoms with van der Waals surface area (Å²) in [5.74, 6) is 0.784. The molecule has 0 atom stereocenters. The van der Waals surface area contributed by atoms with Gasteiger partial charge < -0.3 is 11.1 Å². The molecular weight excluding hydrogens is 264 g/mol. The summed E-state index contributed by atoms with van der Waals surface area (Å²) in [6.07, 6.45) is 0.878. The van der Waals surface area contributed by atoms with E-state index in [9.17, 15) is 0 Å². The Kier molecular flexibility index (Phi) is 4.22. The van der Waals surface area contributed by atoms with Crippen LogP contribution >= 0.6 is 23.6 Å². The molecule has 2 aromatic heterocycles. The van der Waals surface area contributed by atoms with Gasteiger partial charge in [0.1, 0.15) is 10.8 Å². The lowest BCUT2D eigenvalue weighted by Crippen LogP contribution is -2.13. The fourth-order valence-corrected chi connectivity index (χ4v) is 2.27. The molecule has 18 heavy (non-hydrogen) atoms. The minimum Gasteiger partial charge on any atom is -0.388 e. The Morgan fingerprint density at radius 2 is 2.28 bits per heavy atom. The number of thiocarbonyl (C=S) groups is 1. The Morgan fingerprint density at radius 3 is 2.94 bits per heavy atom. The van der Waals surface area contributed by atoms with Gasteiger partial charge in [0.2, 0.25) is 0 Å². The minimum absolute atomic E-state index is 0.314. The van der Waals surface area contributed by atoms with Crippen LogP contribution in [-0.4, -0.2) is 21.5 Å². The zero-order chi connectivity index (χ0) is 13.0. The standard InChI is InChI=1S/C12H14N4S2/c1-8-15-9(7-18-8)5-6-14-11-4-2-3-10(16-11)12(13)17/h2-4,7H,5-6H2,1H3,(H2,13,17)(H,14,16). The van der Waals surface area contributed by atoms with Crippen molar-refractivity contribution >= 4 is 34.4 Å². The Labute approximate surface area is 115 Å². The van der Waals surface area contributed by atoms with Crippen molar-refractivity contribution in [2.75, 3.05) is 11.9 Å². The number of nitrogens with two attached hydrogens (primary N) is 1. The van der Waals surface area contributed by atoms with Crippen molar-refractivity contribution in [2.45, 2.75) is 13.3 Å². The molecule has 2 aromatic rings. The van der Waals surface area contributed by atoms with E-state index in [1.165, 1.54) is 0 Å². The third kappa shape index (κ3) is 3.48. The second-order valence-electron chi connectivity index (χ2n) is 3.81. The van der Waals surface area contributed by atoms with Crippen LogP contribution in [-0.2, 0) is 6.42 Å². The summed E-state index contributed by atoms with van der Waals surface area (Å²) in [5, 5.41) is 6.41. The van der Waals surface area contributed by atoms with E-state index in [1.54, 1.807) is 17.4 Å². The molecule has 0 aliphatic rings. The predicted octanol–water partition coefficient (Wildman–Crippen LogP) is 2.14. The molecule has 2 rings (SSSR count). The molecule has 0 radical (unpaired) electrons. The van der Waals surface area contributed by atoms with E-state index in [1.807, 2.05) is 19.1 Å². The van der Waals surface area contributed by atoms with Crippen LogP contribution in [0.15, 0.2) is 23.6 Å². The maximum Gasteiger partial charge on any atom is 0.126 e. The molecule has 0 aliphatic heterocycles. The quantitative estimate of drug-likeness (QED) is 0.820. The topological polar surface area (TPSA) is 63.8 Å². The van der Waals surface area contributed by atoms with Gasteiger partial charge in [-0.05, 0) is 19.1 Å². The van der Waals surface area contributed by atoms with Gasteiger partial charge in [-0.15, -0.1) is 11.3 Å². The smallest absolute Gasteiger partial charge is 0.126 e. The van der Waals surface area contributed by atoms with Crippen LogP contribution in [0.1, 0.15) is 16.4 Å². The average molecular weight is 278 g/mol. The van der Waals surface area contributed by atoms with Gasteiger partial charge in [-0.1, -0.05) is 18.3 Å². The number of nitrogens with zero attached hydrogens (tertiary/aromatic N) is 2. The number of thiazole rings is 1. The summed E-state index contributed by atoms with van der Waals surface area (Å²) in [6, 6.07) is 5.59. The maximum atomic E-state index is 5.54. The van der Waals surface area contributed by atoms with Gasteiger partial charge in [-0.3, -0.25) is 0 Å². The average Bonchev–Trinajstić information content (AvgIpc) is 2.75. The van der Waals surface area contributed by atoms with Gasteiger partial charge in [0.15, 0.2) is 0 Å². The molecule has 0 aliphatic carbocycles. The van der Waals surface area contributed by atoms with E-state index < -0.39 is 0 Å². The van der Waals surface area contributed by atoms with Crippen molar-refractivity contribution in [3.05, 3.63) is 40.0 Å². The number of anilines is 1. The lowest BCUT2D eigenvalue weighted by Gasteiger charge is -2.05. The molecule has 0 spiro atoms. The molecule has 0 bridgehead atoms. The summed E-state index contributed by atoms with van der Waals surface area (Å²) < 4.78 is 0. The van der Waals surface area contributed by atoms with Crippen molar-refractivity contribution in [3.63, 3.8) is 0 Å². The van der Waals surface area contributed by atoms with E-state index in [0.29, 0.717) is 10.7 Å². The molecule has 94 valence electrons. The molecule has 0 amide bonds. The number of hydrogen-bond acceptors (Lipinski definition) is 5. The summed E-state index contributed by atoms with van der Waals surface area (Å²) in [5.41, 5.74) is 7.28. The minimum atomic E-state index is 0.314. The third-order valence-corrected chi connectivity index (χ3v) is 3.39. The molecule has 3 N–H and O–H groups in total. The maximum absolute atomic E-state index is 5.54. The Morgan fingerprint density at radius 1 is 1.44 bits per heavy atom. The van der Waals surface area contributed by atoms with E-state index in [4.69, 9.17) is 18.0 Å². The van der Waals surface area contributed by atoms with Gasteiger partial charge >= 0.3 is 0 Å². The van der Waals surface area contributed by atoms with Crippen LogP contribution in [0.4, 0.5) is 5.82 Å². The van der Waals surface area contributed by atoms with E-state index >= 15 is 0 Å². The normalized spacial score (nSPS) is 10.3. The number of aromatic nitrogens is 2. The van der Waals surface area contributed by atoms with Crippen molar-refractivity contribution in [2.24, 2.45) is 5.73 Å². The highest BCUT2D eigenvalue weighted by atomic mass is 32.1. The van der Waals surface area contributed by atoms with Gasteiger partial charge in [0, 0.05) is 18.3 Å². The largest absolute Gasteiger partial charge is 0.388 e. The van der Waals surface area contributed by atoms with Crippen LogP contribution in [0.2, 0.25) is 0 Å². The van der Waals surface area contributed by atoms with Gasteiger partial charge in [0.25, 0.3) is 0 Å². The predicted molar refractivity (Wildman–Crippen MR) is 79.2 cm³/mol. The van der Waals surface area contributed by atoms with Crippen LogP contribution in [0, 0.1) is 6.92 Å². The molecule has 0 saturated carbocycles. The van der Waals surface area contributed by atoms with Gasteiger partial charge in [0.05, 0.1) is 16.4 Å². The SMILES string of the molecule is Cc1nc(CCNc2cccc(C(N)=S)n2)cs1. The van der Waals surface area contributed by atoms with E-state index in [2.05, 4.69) is 20.7 Å². The number of rotatable bonds is 5. The number of pyridine rings is 1. The van der Waals surface area contributed by atoms with Crippen molar-refractivity contribution in [1.29, 1.82) is 0 Å². The first-order valence-corrected chi connectivity index (χ1v) is 6.85. The number of hydrogen-bond donors (Lipinski definition) is 2. The summed E-state index contributed by atoms with van der Waals surface area (Å²) in [7, 11) is 0. The number of aryl methyl sites for hydroxylation is 1. The Bertz CT molecular complexity index is 551. The lowest BCUT2D eigenvalue weighted by atomic mass is 10.3. The first kappa shape index (κ1) is 12.9. The molecule has 2 heterocycles. The summed E-state index contributed by atoms with van der Waals surface area (Å²) >= 11 is 6.56. The van der Waals surface area contributed by atoms with Crippen LogP contribution < -0.4 is 11.1 Å². The second kappa shape index (κ2) is 5.88. The van der Waals surface area contributed by atoms with Gasteiger partial charge in [-0.25, -0.2) is 9.97 Å². The van der Waals surface area contributed by atoms with Crippen molar-refractivity contribution in [3.8, 4) is 0 Å². The first-order chi connectivity index (χ1) is 8.65. The number of nitrogens with one attached hydrogen (secondary N) is 1. The lowest BCUT2D eigenvalue weighted by molar-refractivity contribution is 0.960. The molecule has 6 heteroatoms. The monoisotopic (exact) mass is 278 g/mol. The first-order valence-electron chi connectivity index (χ1n) is 5.57. The highest BCUT2D eigenvalue weighted by Crippen LogP contribution is 2.09. The third-order valence-electron chi connectivity index (χ3n) is 2.36. The van der Waals surface area contributed by atoms with Crippen LogP contribution in [0.5, 0.6) is 0 Å². The highest BCUT2D eigenvalue weighted by molar-refractivity contribution is 7.80. The van der Waals surface area contributed by atoms with E-state index in [-0.39, 0.29) is 0 Å². The molecule has 0 aromatic carbocycles. The Hall–Kier alpha value is -1.53. The van der Waals surface area contributed by atoms with E-state index in [0.717, 1.165) is 29.5 Å². The molecular formula is C12H14N4S2. The van der Waals surface area contributed by atoms with Crippen molar-refractivity contribution in [1.82, 2.24) is 9.97 Å².